The number of aliphatic carboxylic acids is 1. The molecule has 1 N–H and O–H groups in total. The van der Waals surface area contributed by atoms with E-state index in [2.05, 4.69) is 19.1 Å². The van der Waals surface area contributed by atoms with Crippen LogP contribution in [0, 0.1) is 0 Å². The normalized spacial score (nSPS) is 10.4. The third-order valence-electron chi connectivity index (χ3n) is 3.96. The Kier molecular flexibility index (Phi) is 24.5. The summed E-state index contributed by atoms with van der Waals surface area (Å²) in [6, 6.07) is 0. The third-order valence-corrected chi connectivity index (χ3v) is 3.96. The lowest BCUT2D eigenvalue weighted by atomic mass is 10.1. The van der Waals surface area contributed by atoms with Gasteiger partial charge in [0.1, 0.15) is 0 Å². The van der Waals surface area contributed by atoms with E-state index in [9.17, 15) is 4.79 Å². The molecule has 0 bridgehead atoms. The molecule has 4 heteroatoms. The highest BCUT2D eigenvalue weighted by Crippen LogP contribution is 2.09. The fraction of sp³-hybridized carbons (Fsp3) is 0.818. The molecule has 0 saturated heterocycles. The van der Waals surface area contributed by atoms with Crippen LogP contribution in [-0.4, -0.2) is 23.7 Å². The Morgan fingerprint density at radius 3 is 1.54 bits per heavy atom. The van der Waals surface area contributed by atoms with Crippen LogP contribution < -0.4 is 0 Å². The number of esters is 1. The number of ether oxygens (including phenoxy) is 1. The van der Waals surface area contributed by atoms with Crippen LogP contribution in [-0.2, 0) is 14.3 Å². The maximum atomic E-state index is 10.6. The number of hydrogen-bond acceptors (Lipinski definition) is 3. The molecule has 0 radical (unpaired) electrons. The number of allylic oxidation sites excluding steroid dienone is 2. The van der Waals surface area contributed by atoms with Crippen LogP contribution in [0.2, 0.25) is 0 Å². The lowest BCUT2D eigenvalue weighted by Gasteiger charge is -2.02. The first-order chi connectivity index (χ1) is 12.5. The van der Waals surface area contributed by atoms with Crippen molar-refractivity contribution >= 4 is 11.9 Å². The van der Waals surface area contributed by atoms with Gasteiger partial charge in [0.2, 0.25) is 0 Å². The maximum Gasteiger partial charge on any atom is 0.302 e. The predicted octanol–water partition coefficient (Wildman–Crippen LogP) is 6.68. The van der Waals surface area contributed by atoms with Crippen molar-refractivity contribution in [2.24, 2.45) is 0 Å². The number of carboxylic acid groups (broad SMARTS) is 1. The number of rotatable bonds is 16. The molecule has 0 aromatic rings. The van der Waals surface area contributed by atoms with Crippen LogP contribution in [0.25, 0.3) is 0 Å². The van der Waals surface area contributed by atoms with Gasteiger partial charge in [-0.05, 0) is 32.1 Å². The zero-order valence-electron chi connectivity index (χ0n) is 17.4. The van der Waals surface area contributed by atoms with Gasteiger partial charge in [-0.2, -0.15) is 0 Å². The lowest BCUT2D eigenvalue weighted by molar-refractivity contribution is -0.141. The molecule has 0 rings (SSSR count). The van der Waals surface area contributed by atoms with E-state index in [0.29, 0.717) is 6.61 Å². The van der Waals surface area contributed by atoms with E-state index in [4.69, 9.17) is 14.6 Å². The number of carbonyl (C=O) groups excluding carboxylic acids is 1. The Balaban J connectivity index is 0. The van der Waals surface area contributed by atoms with Crippen LogP contribution >= 0.6 is 0 Å². The van der Waals surface area contributed by atoms with Gasteiger partial charge in [0, 0.05) is 13.8 Å². The zero-order chi connectivity index (χ0) is 19.9. The summed E-state index contributed by atoms with van der Waals surface area (Å²) in [4.78, 5) is 19.6. The van der Waals surface area contributed by atoms with Crippen molar-refractivity contribution < 1.29 is 19.4 Å². The molecule has 0 amide bonds. The summed E-state index contributed by atoms with van der Waals surface area (Å²) < 4.78 is 4.91. The molecule has 0 aromatic carbocycles. The Bertz CT molecular complexity index is 333. The molecule has 0 fully saturated rings. The highest BCUT2D eigenvalue weighted by molar-refractivity contribution is 5.65. The molecule has 154 valence electrons. The van der Waals surface area contributed by atoms with Crippen molar-refractivity contribution in [1.29, 1.82) is 0 Å². The van der Waals surface area contributed by atoms with E-state index in [-0.39, 0.29) is 5.97 Å². The summed E-state index contributed by atoms with van der Waals surface area (Å²) in [7, 11) is 0. The van der Waals surface area contributed by atoms with Gasteiger partial charge in [-0.15, -0.1) is 0 Å². The van der Waals surface area contributed by atoms with Crippen molar-refractivity contribution in [2.45, 2.75) is 111 Å². The van der Waals surface area contributed by atoms with Gasteiger partial charge in [-0.1, -0.05) is 76.9 Å². The zero-order valence-corrected chi connectivity index (χ0v) is 17.4. The fourth-order valence-electron chi connectivity index (χ4n) is 2.57. The van der Waals surface area contributed by atoms with E-state index in [1.165, 1.54) is 90.4 Å². The average Bonchev–Trinajstić information content (AvgIpc) is 2.57. The molecular weight excluding hydrogens is 328 g/mol. The van der Waals surface area contributed by atoms with Gasteiger partial charge < -0.3 is 9.84 Å². The first-order valence-electron chi connectivity index (χ1n) is 10.5. The molecule has 0 aliphatic rings. The number of hydrogen-bond donors (Lipinski definition) is 1. The summed E-state index contributed by atoms with van der Waals surface area (Å²) >= 11 is 0. The van der Waals surface area contributed by atoms with Crippen LogP contribution in [0.15, 0.2) is 12.2 Å². The summed E-state index contributed by atoms with van der Waals surface area (Å²) in [5, 5.41) is 7.42. The maximum absolute atomic E-state index is 10.6. The molecule has 0 aromatic heterocycles. The summed E-state index contributed by atoms with van der Waals surface area (Å²) in [6.07, 6.45) is 23.0. The average molecular weight is 371 g/mol. The molecule has 0 heterocycles. The van der Waals surface area contributed by atoms with Crippen molar-refractivity contribution in [2.75, 3.05) is 6.61 Å². The van der Waals surface area contributed by atoms with E-state index in [1.54, 1.807) is 0 Å². The number of carboxylic acids is 1. The van der Waals surface area contributed by atoms with Gasteiger partial charge >= 0.3 is 5.97 Å². The van der Waals surface area contributed by atoms with Crippen LogP contribution in [0.4, 0.5) is 0 Å². The highest BCUT2D eigenvalue weighted by Gasteiger charge is 1.94. The standard InChI is InChI=1S/C20H38O2.C2H4O2/c1-3-4-5-6-7-8-9-10-11-12-13-14-15-16-17-18-19-22-20(2)21;1-2(3)4/h10-11H,3-9,12-19H2,1-2H3;1H3,(H,3,4)/b11-10-;. The van der Waals surface area contributed by atoms with Crippen molar-refractivity contribution in [3.63, 3.8) is 0 Å². The molecule has 0 aliphatic heterocycles. The Hall–Kier alpha value is -1.32. The van der Waals surface area contributed by atoms with E-state index in [0.717, 1.165) is 13.3 Å². The summed E-state index contributed by atoms with van der Waals surface area (Å²) in [5.41, 5.74) is 0. The second-order valence-electron chi connectivity index (χ2n) is 6.80. The Morgan fingerprint density at radius 2 is 1.12 bits per heavy atom. The summed E-state index contributed by atoms with van der Waals surface area (Å²) in [5.74, 6) is -0.993. The molecule has 0 saturated carbocycles. The van der Waals surface area contributed by atoms with Crippen LogP contribution in [0.3, 0.4) is 0 Å². The first kappa shape index (κ1) is 26.9. The van der Waals surface area contributed by atoms with Crippen molar-refractivity contribution in [3.8, 4) is 0 Å². The van der Waals surface area contributed by atoms with E-state index in [1.807, 2.05) is 0 Å². The van der Waals surface area contributed by atoms with Crippen molar-refractivity contribution in [3.05, 3.63) is 12.2 Å². The second-order valence-corrected chi connectivity index (χ2v) is 6.80. The Labute approximate surface area is 161 Å². The lowest BCUT2D eigenvalue weighted by Crippen LogP contribution is -1.99. The minimum atomic E-state index is -0.833. The topological polar surface area (TPSA) is 63.6 Å². The first-order valence-corrected chi connectivity index (χ1v) is 10.5. The molecule has 0 spiro atoms. The largest absolute Gasteiger partial charge is 0.481 e. The van der Waals surface area contributed by atoms with Crippen molar-refractivity contribution in [1.82, 2.24) is 0 Å². The second kappa shape index (κ2) is 23.7. The monoisotopic (exact) mass is 370 g/mol. The summed E-state index contributed by atoms with van der Waals surface area (Å²) in [6.45, 7) is 5.42. The fourth-order valence-corrected chi connectivity index (χ4v) is 2.57. The SMILES string of the molecule is CC(=O)O.CCCCCCCC/C=C\CCCCCCCCOC(C)=O. The molecule has 0 atom stereocenters. The number of carbonyl (C=O) groups is 2. The molecule has 0 aliphatic carbocycles. The van der Waals surface area contributed by atoms with Gasteiger partial charge in [0.15, 0.2) is 0 Å². The van der Waals surface area contributed by atoms with Crippen LogP contribution in [0.1, 0.15) is 111 Å². The van der Waals surface area contributed by atoms with Gasteiger partial charge in [-0.3, -0.25) is 9.59 Å². The highest BCUT2D eigenvalue weighted by atomic mass is 16.5. The molecule has 4 nitrogen and oxygen atoms in total. The van der Waals surface area contributed by atoms with Gasteiger partial charge in [0.05, 0.1) is 6.61 Å². The smallest absolute Gasteiger partial charge is 0.302 e. The predicted molar refractivity (Wildman–Crippen MR) is 109 cm³/mol. The molecule has 26 heavy (non-hydrogen) atoms. The third kappa shape index (κ3) is 34.1. The van der Waals surface area contributed by atoms with E-state index < -0.39 is 5.97 Å². The van der Waals surface area contributed by atoms with Gasteiger partial charge in [-0.25, -0.2) is 0 Å². The quantitative estimate of drug-likeness (QED) is 0.187. The minimum Gasteiger partial charge on any atom is -0.481 e. The Morgan fingerprint density at radius 1 is 0.731 bits per heavy atom. The van der Waals surface area contributed by atoms with E-state index >= 15 is 0 Å². The molecular formula is C22H42O4. The number of unbranched alkanes of at least 4 members (excludes halogenated alkanes) is 12. The minimum absolute atomic E-state index is 0.159. The van der Waals surface area contributed by atoms with Gasteiger partial charge in [0.25, 0.3) is 5.97 Å². The van der Waals surface area contributed by atoms with Crippen LogP contribution in [0.5, 0.6) is 0 Å². The molecule has 0 unspecified atom stereocenters.